The fourth-order valence-corrected chi connectivity index (χ4v) is 8.45. The van der Waals surface area contributed by atoms with Gasteiger partial charge in [0, 0.05) is 71.6 Å². The van der Waals surface area contributed by atoms with E-state index in [1.54, 1.807) is 0 Å². The highest BCUT2D eigenvalue weighted by molar-refractivity contribution is 7.00. The topological polar surface area (TPSA) is 22.9 Å². The van der Waals surface area contributed by atoms with Crippen LogP contribution in [-0.4, -0.2) is 6.71 Å². The molecular weight excluding hydrogens is 874 g/mol. The van der Waals surface area contributed by atoms with E-state index in [9.17, 15) is 35.6 Å². The Morgan fingerprint density at radius 1 is 0.403 bits per heavy atom. The zero-order valence-electron chi connectivity index (χ0n) is 81.8. The summed E-state index contributed by atoms with van der Waals surface area (Å²) < 4.78 is 438. The SMILES string of the molecule is [2H]c1c([2H])c([2H])c(-c2c([2H])c([2H])c(N3c4c([2H])c([2H])c(-c5c([2H])c([2H])c([2H])c([2H])c5[2H])c([2H])c4B4c5c([2H])c([2H])c(N(c6c([2H])c([2H])c([2H])c([2H])c6[2H])c6c([2H])c([2H])c([2H])c([2H])c6[2H])c([2H])c5N(c5c([2H])c([2H])c(-c6c([2H])c([2H])c([2H])c7c6oc6c([2H])c([2H])c([2H])c([2H])c67)c([2H])c5[2H])c5c([2H])c(C([2H])([2H])[2H])c([2H])c3c54)c([2H])c2[2H])c([2H])c1[2H]. The highest BCUT2D eigenvalue weighted by atomic mass is 16.3. The van der Waals surface area contributed by atoms with E-state index in [0.717, 1.165) is 0 Å². The lowest BCUT2D eigenvalue weighted by Gasteiger charge is -2.45. The largest absolute Gasteiger partial charge is 0.455 e. The summed E-state index contributed by atoms with van der Waals surface area (Å²) in [5.74, 6) is 0. The minimum atomic E-state index is -3.99. The van der Waals surface area contributed by atoms with E-state index in [2.05, 4.69) is 0 Å². The molecule has 2 aliphatic rings. The highest BCUT2D eigenvalue weighted by Crippen LogP contribution is 2.48. The molecule has 3 heterocycles. The number of hydrogen-bond acceptors (Lipinski definition) is 4. The average molecular weight is 966 g/mol. The Kier molecular flexibility index (Phi) is 3.80. The Morgan fingerprint density at radius 3 is 1.60 bits per heavy atom. The Bertz CT molecular complexity index is 6510. The van der Waals surface area contributed by atoms with E-state index >= 15 is 0 Å². The van der Waals surface area contributed by atoms with Gasteiger partial charge in [0.25, 0.3) is 6.71 Å². The van der Waals surface area contributed by atoms with Gasteiger partial charge in [-0.3, -0.25) is 0 Å². The second-order valence-electron chi connectivity index (χ2n) is 15.3. The quantitative estimate of drug-likeness (QED) is 0.142. The number of hydrogen-bond donors (Lipinski definition) is 0. The van der Waals surface area contributed by atoms with Crippen molar-refractivity contribution in [3.8, 4) is 33.4 Å². The van der Waals surface area contributed by atoms with Crippen LogP contribution in [0.2, 0.25) is 0 Å². The molecule has 14 rings (SSSR count). The van der Waals surface area contributed by atoms with Gasteiger partial charge in [-0.05, 0) is 141 Å². The number of furan rings is 1. The molecule has 0 bridgehead atoms. The summed E-state index contributed by atoms with van der Waals surface area (Å²) in [7, 11) is 0. The molecule has 0 fully saturated rings. The summed E-state index contributed by atoms with van der Waals surface area (Å²) in [6, 6.07) is -54.1. The molecule has 0 radical (unpaired) electrons. The van der Waals surface area contributed by atoms with Crippen LogP contribution in [0, 0.1) is 6.85 Å². The van der Waals surface area contributed by atoms with Crippen LogP contribution in [0.4, 0.5) is 51.2 Å². The third-order valence-electron chi connectivity index (χ3n) is 11.4. The summed E-state index contributed by atoms with van der Waals surface area (Å²) in [6.07, 6.45) is 0. The molecule has 338 valence electrons. The third-order valence-corrected chi connectivity index (χ3v) is 11.4. The fraction of sp³-hybridized carbons (Fsp3) is 0.0149. The van der Waals surface area contributed by atoms with Crippen molar-refractivity contribution >= 4 is 96.2 Å². The first kappa shape index (κ1) is 16.1. The number of rotatable bonds is 8. The number of fused-ring (bicyclic) bond motifs is 7. The van der Waals surface area contributed by atoms with Crippen molar-refractivity contribution < 1.29 is 67.5 Å². The third kappa shape index (κ3) is 6.85. The summed E-state index contributed by atoms with van der Waals surface area (Å²) in [6.45, 7) is -6.69. The summed E-state index contributed by atoms with van der Waals surface area (Å²) >= 11 is 0. The van der Waals surface area contributed by atoms with Crippen LogP contribution >= 0.6 is 0 Å². The summed E-state index contributed by atoms with van der Waals surface area (Å²) in [4.78, 5) is 0.806. The molecule has 1 aromatic heterocycles. The van der Waals surface area contributed by atoms with Crippen LogP contribution in [0.25, 0.3) is 55.3 Å². The van der Waals surface area contributed by atoms with Crippen molar-refractivity contribution in [1.82, 2.24) is 0 Å². The molecule has 0 saturated heterocycles. The zero-order valence-corrected chi connectivity index (χ0v) is 35.8. The smallest absolute Gasteiger partial charge is 0.252 e. The molecule has 4 nitrogen and oxygen atoms in total. The van der Waals surface area contributed by atoms with Crippen LogP contribution in [0.3, 0.4) is 0 Å². The van der Waals surface area contributed by atoms with Gasteiger partial charge in [-0.1, -0.05) is 175 Å². The van der Waals surface area contributed by atoms with E-state index in [-0.39, 0.29) is 9.80 Å². The standard InChI is InChI=1S/C67H46BN3O/c1-45-41-63-66-64(42-45)71(54-36-31-49(32-37-54)56-26-16-27-58-57-25-14-15-28-65(57)72-67(56)58)62-44-55(69(51-21-10-4-11-22-51)52-23-12-5-13-24-52)38-39-59(62)68(66)60-43-50(47-19-8-3-9-20-47)33-40-61(60)70(63)53-34-29-48(30-35-53)46-17-6-2-7-18-46/h2-44H,1H3/i1D3,2D,3D,4D,5D,6D,7D,8D,9D,10D,11D,12D,13D,14D,15D,16D,17D,18D,19D,20D,21D,22D,23D,24D,25D,26D,27D,28D,29D,30D,31D,32D,33D,34D,35D,36D,37D,38D,39D,40D,41D,42D,43D,44D. The van der Waals surface area contributed by atoms with Gasteiger partial charge in [0.05, 0.1) is 58.9 Å². The zero-order chi connectivity index (χ0) is 87.6. The van der Waals surface area contributed by atoms with Crippen molar-refractivity contribution in [3.05, 3.63) is 265 Å². The molecule has 0 aliphatic carbocycles. The van der Waals surface area contributed by atoms with Gasteiger partial charge in [-0.15, -0.1) is 0 Å². The summed E-state index contributed by atoms with van der Waals surface area (Å²) in [5, 5.41) is -1.23. The molecule has 0 saturated carbocycles. The lowest BCUT2D eigenvalue weighted by molar-refractivity contribution is 0.670. The number of benzene rings is 11. The maximum absolute atomic E-state index is 10.9. The lowest BCUT2D eigenvalue weighted by Crippen LogP contribution is -2.61. The molecule has 0 unspecified atom stereocenters. The fourth-order valence-electron chi connectivity index (χ4n) is 8.45. The first-order valence-corrected chi connectivity index (χ1v) is 21.0. The van der Waals surface area contributed by atoms with Crippen molar-refractivity contribution in [2.45, 2.75) is 6.85 Å². The van der Waals surface area contributed by atoms with Crippen molar-refractivity contribution in [3.63, 3.8) is 0 Å². The second kappa shape index (κ2) is 17.0. The Labute approximate surface area is 484 Å². The van der Waals surface area contributed by atoms with E-state index in [4.69, 9.17) is 31.8 Å². The van der Waals surface area contributed by atoms with Crippen LogP contribution in [0.1, 0.15) is 68.6 Å². The molecule has 0 N–H and O–H groups in total. The molecule has 0 atom stereocenters. The van der Waals surface area contributed by atoms with Gasteiger partial charge < -0.3 is 19.1 Å². The van der Waals surface area contributed by atoms with E-state index in [1.807, 2.05) is 0 Å². The van der Waals surface area contributed by atoms with Gasteiger partial charge in [0.1, 0.15) is 11.2 Å². The average Bonchev–Trinajstić information content (AvgIpc) is 0.904. The maximum atomic E-state index is 10.9. The van der Waals surface area contributed by atoms with Crippen LogP contribution < -0.4 is 31.1 Å². The molecular formula is C67H46BN3O. The maximum Gasteiger partial charge on any atom is 0.252 e. The van der Waals surface area contributed by atoms with Crippen molar-refractivity contribution in [2.75, 3.05) is 14.7 Å². The molecule has 0 amide bonds. The predicted octanol–water partition coefficient (Wildman–Crippen LogP) is 16.4. The molecule has 2 aliphatic heterocycles. The summed E-state index contributed by atoms with van der Waals surface area (Å²) in [5.41, 5.74) is -24.8. The molecule has 11 aromatic carbocycles. The highest BCUT2D eigenvalue weighted by Gasteiger charge is 2.44. The molecule has 12 aromatic rings. The van der Waals surface area contributed by atoms with Crippen LogP contribution in [0.5, 0.6) is 0 Å². The minimum Gasteiger partial charge on any atom is -0.455 e. The lowest BCUT2D eigenvalue weighted by atomic mass is 9.33. The Morgan fingerprint density at radius 2 is 0.944 bits per heavy atom. The van der Waals surface area contributed by atoms with E-state index in [1.165, 1.54) is 0 Å². The number of nitrogens with zero attached hydrogens (tertiary/aromatic N) is 3. The van der Waals surface area contributed by atoms with Gasteiger partial charge in [0.2, 0.25) is 0 Å². The Balaban J connectivity index is 1.27. The van der Waals surface area contributed by atoms with Crippen molar-refractivity contribution in [1.29, 1.82) is 0 Å². The first-order chi connectivity index (χ1) is 54.8. The predicted molar refractivity (Wildman–Crippen MR) is 303 cm³/mol. The number of para-hydroxylation sites is 4. The van der Waals surface area contributed by atoms with Crippen LogP contribution in [0.15, 0.2) is 264 Å². The van der Waals surface area contributed by atoms with Gasteiger partial charge in [-0.25, -0.2) is 0 Å². The molecule has 5 heteroatoms. The molecule has 72 heavy (non-hydrogen) atoms. The monoisotopic (exact) mass is 966 g/mol. The van der Waals surface area contributed by atoms with Gasteiger partial charge >= 0.3 is 0 Å². The minimum absolute atomic E-state index is 0.178. The van der Waals surface area contributed by atoms with E-state index < -0.39 is 402 Å². The first-order valence-electron chi connectivity index (χ1n) is 44.0. The normalized spacial score (nSPS) is 21.6. The Hall–Kier alpha value is -9.32. The van der Waals surface area contributed by atoms with Crippen LogP contribution in [-0.2, 0) is 0 Å². The van der Waals surface area contributed by atoms with E-state index in [0.29, 0.717) is 4.90 Å². The van der Waals surface area contributed by atoms with Gasteiger partial charge in [0.15, 0.2) is 0 Å². The molecule has 0 spiro atoms. The number of anilines is 9. The second-order valence-corrected chi connectivity index (χ2v) is 15.3. The van der Waals surface area contributed by atoms with Crippen molar-refractivity contribution in [2.24, 2.45) is 0 Å². The van der Waals surface area contributed by atoms with Gasteiger partial charge in [-0.2, -0.15) is 0 Å².